The van der Waals surface area contributed by atoms with Gasteiger partial charge in [0.25, 0.3) is 0 Å². The number of ether oxygens (including phenoxy) is 1. The second-order valence-corrected chi connectivity index (χ2v) is 11.8. The first-order valence-corrected chi connectivity index (χ1v) is 14.1. The summed E-state index contributed by atoms with van der Waals surface area (Å²) in [6, 6.07) is 10.8. The summed E-state index contributed by atoms with van der Waals surface area (Å²) in [5.74, 6) is -0.441. The SMILES string of the molecule is CC(C)C(=O)N1CCc2c(cccc2NCC(=O)N(CCN(C)C(=O)OC(C)(C)C)Cc2ccccc2C(F)(F)F)C1. The molecule has 1 N–H and O–H groups in total. The Morgan fingerprint density at radius 2 is 1.71 bits per heavy atom. The van der Waals surface area contributed by atoms with E-state index < -0.39 is 29.3 Å². The van der Waals surface area contributed by atoms with Crippen LogP contribution < -0.4 is 5.32 Å². The lowest BCUT2D eigenvalue weighted by molar-refractivity contribution is -0.139. The van der Waals surface area contributed by atoms with Crippen LogP contribution in [-0.4, -0.2) is 71.4 Å². The highest BCUT2D eigenvalue weighted by Crippen LogP contribution is 2.32. The number of anilines is 1. The van der Waals surface area contributed by atoms with Gasteiger partial charge in [0.1, 0.15) is 5.60 Å². The summed E-state index contributed by atoms with van der Waals surface area (Å²) in [7, 11) is 1.52. The Balaban J connectivity index is 1.77. The van der Waals surface area contributed by atoms with E-state index in [4.69, 9.17) is 4.74 Å². The van der Waals surface area contributed by atoms with Gasteiger partial charge in [-0.15, -0.1) is 0 Å². The van der Waals surface area contributed by atoms with Crippen LogP contribution in [0.4, 0.5) is 23.7 Å². The van der Waals surface area contributed by atoms with Crippen LogP contribution >= 0.6 is 0 Å². The van der Waals surface area contributed by atoms with Gasteiger partial charge < -0.3 is 24.8 Å². The number of halogens is 3. The molecule has 1 aliphatic rings. The molecule has 1 aliphatic heterocycles. The van der Waals surface area contributed by atoms with Crippen LogP contribution in [0.3, 0.4) is 0 Å². The molecule has 11 heteroatoms. The number of nitrogens with one attached hydrogen (secondary N) is 1. The highest BCUT2D eigenvalue weighted by Gasteiger charge is 2.34. The molecule has 0 unspecified atom stereocenters. The molecular weight excluding hydrogens is 549 g/mol. The molecule has 0 saturated carbocycles. The Morgan fingerprint density at radius 1 is 1.02 bits per heavy atom. The molecule has 3 rings (SSSR count). The van der Waals surface area contributed by atoms with E-state index in [-0.39, 0.29) is 43.6 Å². The largest absolute Gasteiger partial charge is 0.444 e. The lowest BCUT2D eigenvalue weighted by atomic mass is 9.96. The van der Waals surface area contributed by atoms with Crippen molar-refractivity contribution < 1.29 is 32.3 Å². The molecule has 8 nitrogen and oxygen atoms in total. The van der Waals surface area contributed by atoms with E-state index >= 15 is 0 Å². The predicted octanol–water partition coefficient (Wildman–Crippen LogP) is 5.55. The number of carbonyl (C=O) groups is 3. The summed E-state index contributed by atoms with van der Waals surface area (Å²) in [5.41, 5.74) is 1.18. The Labute approximate surface area is 245 Å². The number of nitrogens with zero attached hydrogens (tertiary/aromatic N) is 3. The van der Waals surface area contributed by atoms with E-state index in [1.165, 1.54) is 35.0 Å². The number of hydrogen-bond donors (Lipinski definition) is 1. The lowest BCUT2D eigenvalue weighted by Crippen LogP contribution is -2.43. The first kappa shape index (κ1) is 32.8. The molecule has 0 aromatic heterocycles. The van der Waals surface area contributed by atoms with Crippen molar-refractivity contribution in [1.29, 1.82) is 0 Å². The summed E-state index contributed by atoms with van der Waals surface area (Å²) in [6.07, 6.45) is -4.55. The highest BCUT2D eigenvalue weighted by atomic mass is 19.4. The average molecular weight is 591 g/mol. The Hall–Kier alpha value is -3.76. The molecule has 0 radical (unpaired) electrons. The van der Waals surface area contributed by atoms with E-state index in [2.05, 4.69) is 5.32 Å². The van der Waals surface area contributed by atoms with Crippen molar-refractivity contribution in [2.45, 2.75) is 65.9 Å². The zero-order valence-electron chi connectivity index (χ0n) is 25.2. The first-order chi connectivity index (χ1) is 19.6. The van der Waals surface area contributed by atoms with E-state index in [9.17, 15) is 27.6 Å². The molecule has 0 atom stereocenters. The number of benzene rings is 2. The minimum Gasteiger partial charge on any atom is -0.444 e. The molecule has 1 heterocycles. The van der Waals surface area contributed by atoms with Crippen molar-refractivity contribution in [3.05, 3.63) is 64.7 Å². The number of fused-ring (bicyclic) bond motifs is 1. The van der Waals surface area contributed by atoms with E-state index in [1.807, 2.05) is 36.9 Å². The van der Waals surface area contributed by atoms with Gasteiger partial charge in [0, 0.05) is 51.4 Å². The minimum atomic E-state index is -4.58. The molecular formula is C31H41F3N4O4. The number of hydrogen-bond acceptors (Lipinski definition) is 5. The van der Waals surface area contributed by atoms with Gasteiger partial charge in [-0.25, -0.2) is 4.79 Å². The normalized spacial score (nSPS) is 13.4. The Morgan fingerprint density at radius 3 is 2.36 bits per heavy atom. The van der Waals surface area contributed by atoms with Crippen LogP contribution in [0.2, 0.25) is 0 Å². The lowest BCUT2D eigenvalue weighted by Gasteiger charge is -2.32. The molecule has 42 heavy (non-hydrogen) atoms. The first-order valence-electron chi connectivity index (χ1n) is 14.1. The van der Waals surface area contributed by atoms with E-state index in [0.717, 1.165) is 22.9 Å². The number of alkyl halides is 3. The molecule has 2 aromatic rings. The van der Waals surface area contributed by atoms with Crippen molar-refractivity contribution in [3.8, 4) is 0 Å². The van der Waals surface area contributed by atoms with E-state index in [1.54, 1.807) is 20.8 Å². The van der Waals surface area contributed by atoms with Crippen LogP contribution in [0.5, 0.6) is 0 Å². The van der Waals surface area contributed by atoms with Crippen LogP contribution in [-0.2, 0) is 40.0 Å². The Bertz CT molecular complexity index is 1270. The highest BCUT2D eigenvalue weighted by molar-refractivity contribution is 5.82. The Kier molecular flexibility index (Phi) is 10.5. The van der Waals surface area contributed by atoms with Crippen molar-refractivity contribution in [2.24, 2.45) is 5.92 Å². The number of amides is 3. The smallest absolute Gasteiger partial charge is 0.416 e. The fourth-order valence-electron chi connectivity index (χ4n) is 4.75. The van der Waals surface area contributed by atoms with Gasteiger partial charge in [-0.3, -0.25) is 9.59 Å². The summed E-state index contributed by atoms with van der Waals surface area (Å²) >= 11 is 0. The third-order valence-corrected chi connectivity index (χ3v) is 6.95. The molecule has 0 bridgehead atoms. The zero-order chi connectivity index (χ0) is 31.2. The fraction of sp³-hybridized carbons (Fsp3) is 0.516. The monoisotopic (exact) mass is 590 g/mol. The number of rotatable bonds is 9. The number of carbonyl (C=O) groups excluding carboxylic acids is 3. The van der Waals surface area contributed by atoms with Crippen molar-refractivity contribution >= 4 is 23.6 Å². The van der Waals surface area contributed by atoms with Crippen LogP contribution in [0.15, 0.2) is 42.5 Å². The van der Waals surface area contributed by atoms with E-state index in [0.29, 0.717) is 19.5 Å². The molecule has 0 aliphatic carbocycles. The minimum absolute atomic E-state index is 0.00161. The van der Waals surface area contributed by atoms with Crippen LogP contribution in [0, 0.1) is 5.92 Å². The zero-order valence-corrected chi connectivity index (χ0v) is 25.2. The molecule has 230 valence electrons. The predicted molar refractivity (Wildman–Crippen MR) is 155 cm³/mol. The van der Waals surface area contributed by atoms with Crippen molar-refractivity contribution in [3.63, 3.8) is 0 Å². The quantitative estimate of drug-likeness (QED) is 0.414. The van der Waals surface area contributed by atoms with Gasteiger partial charge >= 0.3 is 12.3 Å². The third-order valence-electron chi connectivity index (χ3n) is 6.95. The maximum Gasteiger partial charge on any atom is 0.416 e. The van der Waals surface area contributed by atoms with Crippen molar-refractivity contribution in [2.75, 3.05) is 38.5 Å². The molecule has 0 fully saturated rings. The van der Waals surface area contributed by atoms with Crippen LogP contribution in [0.1, 0.15) is 56.9 Å². The summed E-state index contributed by atoms with van der Waals surface area (Å²) in [4.78, 5) is 42.9. The topological polar surface area (TPSA) is 82.2 Å². The molecule has 2 aromatic carbocycles. The standard InChI is InChI=1S/C31H41F3N4O4/c1-21(2)28(40)38-15-14-24-22(19-38)11-9-13-26(24)35-18-27(39)37(17-16-36(6)29(41)42-30(3,4)5)20-23-10-7-8-12-25(23)31(32,33)34/h7-13,21,35H,14-20H2,1-6H3. The third kappa shape index (κ3) is 8.87. The molecule has 0 spiro atoms. The summed E-state index contributed by atoms with van der Waals surface area (Å²) in [6.45, 7) is 9.60. The number of likely N-dealkylation sites (N-methyl/N-ethyl adjacent to an activating group) is 1. The summed E-state index contributed by atoms with van der Waals surface area (Å²) < 4.78 is 46.5. The van der Waals surface area contributed by atoms with Gasteiger partial charge in [0.2, 0.25) is 11.8 Å². The van der Waals surface area contributed by atoms with Gasteiger partial charge in [-0.05, 0) is 56.0 Å². The second-order valence-electron chi connectivity index (χ2n) is 11.8. The summed E-state index contributed by atoms with van der Waals surface area (Å²) in [5, 5.41) is 3.17. The maximum atomic E-state index is 13.7. The van der Waals surface area contributed by atoms with Gasteiger partial charge in [-0.2, -0.15) is 13.2 Å². The molecule has 0 saturated heterocycles. The van der Waals surface area contributed by atoms with Crippen molar-refractivity contribution in [1.82, 2.24) is 14.7 Å². The maximum absolute atomic E-state index is 13.7. The van der Waals surface area contributed by atoms with Crippen LogP contribution in [0.25, 0.3) is 0 Å². The van der Waals surface area contributed by atoms with Gasteiger partial charge in [0.15, 0.2) is 0 Å². The van der Waals surface area contributed by atoms with Gasteiger partial charge in [-0.1, -0.05) is 44.2 Å². The van der Waals surface area contributed by atoms with Gasteiger partial charge in [0.05, 0.1) is 12.1 Å². The molecule has 3 amide bonds. The fourth-order valence-corrected chi connectivity index (χ4v) is 4.75. The average Bonchev–Trinajstić information content (AvgIpc) is 2.91. The second kappa shape index (κ2) is 13.5.